The summed E-state index contributed by atoms with van der Waals surface area (Å²) in [6, 6.07) is 8.03. The Labute approximate surface area is 101 Å². The Balaban J connectivity index is 2.34. The molecule has 0 saturated carbocycles. The van der Waals surface area contributed by atoms with E-state index in [1.54, 1.807) is 0 Å². The molecule has 0 fully saturated rings. The van der Waals surface area contributed by atoms with Crippen LogP contribution in [-0.4, -0.2) is 15.2 Å². The number of aromatic nitrogens is 2. The van der Waals surface area contributed by atoms with Crippen molar-refractivity contribution in [3.8, 4) is 0 Å². The summed E-state index contributed by atoms with van der Waals surface area (Å²) in [4.78, 5) is 9.24. The topological polar surface area (TPSA) is 25.8 Å². The lowest BCUT2D eigenvalue weighted by molar-refractivity contribution is 1.06. The number of nitrogens with zero attached hydrogens (tertiary/aromatic N) is 2. The first kappa shape index (κ1) is 11.4. The molecule has 1 heterocycles. The maximum atomic E-state index is 4.66. The summed E-state index contributed by atoms with van der Waals surface area (Å²) < 4.78 is 0. The second-order valence-corrected chi connectivity index (χ2v) is 5.67. The lowest BCUT2D eigenvalue weighted by Crippen LogP contribution is -1.98. The minimum atomic E-state index is 0.632. The van der Waals surface area contributed by atoms with E-state index in [9.17, 15) is 0 Å². The van der Waals surface area contributed by atoms with Crippen molar-refractivity contribution >= 4 is 22.8 Å². The normalized spacial score (nSPS) is 11.2. The Morgan fingerprint density at radius 3 is 2.38 bits per heavy atom. The fraction of sp³-hybridized carbons (Fsp3) is 0.385. The number of hydrogen-bond acceptors (Lipinski definition) is 3. The van der Waals surface area contributed by atoms with E-state index in [1.807, 2.05) is 43.0 Å². The second kappa shape index (κ2) is 4.83. The van der Waals surface area contributed by atoms with Gasteiger partial charge in [-0.25, -0.2) is 9.97 Å². The van der Waals surface area contributed by atoms with Crippen LogP contribution in [0.4, 0.5) is 0 Å². The van der Waals surface area contributed by atoms with Crippen LogP contribution in [0.25, 0.3) is 11.0 Å². The Morgan fingerprint density at radius 1 is 1.12 bits per heavy atom. The van der Waals surface area contributed by atoms with E-state index >= 15 is 0 Å². The third kappa shape index (κ3) is 2.53. The molecule has 84 valence electrons. The maximum Gasteiger partial charge on any atom is 0.0890 e. The lowest BCUT2D eigenvalue weighted by atomic mass is 10.2. The molecular formula is C13H16N2S. The van der Waals surface area contributed by atoms with Crippen molar-refractivity contribution in [3.63, 3.8) is 0 Å². The molecule has 2 nitrogen and oxygen atoms in total. The van der Waals surface area contributed by atoms with Gasteiger partial charge in [0.25, 0.3) is 0 Å². The number of para-hydroxylation sites is 2. The molecular weight excluding hydrogens is 216 g/mol. The van der Waals surface area contributed by atoms with Gasteiger partial charge >= 0.3 is 0 Å². The van der Waals surface area contributed by atoms with Gasteiger partial charge in [-0.3, -0.25) is 0 Å². The number of benzene rings is 1. The van der Waals surface area contributed by atoms with Gasteiger partial charge in [-0.1, -0.05) is 26.0 Å². The lowest BCUT2D eigenvalue weighted by Gasteiger charge is -2.07. The summed E-state index contributed by atoms with van der Waals surface area (Å²) in [7, 11) is 0. The zero-order chi connectivity index (χ0) is 11.5. The highest BCUT2D eigenvalue weighted by molar-refractivity contribution is 7.99. The molecule has 0 unspecified atom stereocenters. The van der Waals surface area contributed by atoms with Crippen molar-refractivity contribution in [1.29, 1.82) is 0 Å². The van der Waals surface area contributed by atoms with E-state index in [4.69, 9.17) is 0 Å². The van der Waals surface area contributed by atoms with E-state index in [1.165, 1.54) is 0 Å². The average molecular weight is 232 g/mol. The zero-order valence-corrected chi connectivity index (χ0v) is 10.7. The van der Waals surface area contributed by atoms with Crippen molar-refractivity contribution in [2.24, 2.45) is 0 Å². The quantitative estimate of drug-likeness (QED) is 0.809. The van der Waals surface area contributed by atoms with Crippen LogP contribution in [0.3, 0.4) is 0 Å². The van der Waals surface area contributed by atoms with Gasteiger partial charge < -0.3 is 0 Å². The molecule has 0 aliphatic carbocycles. The molecule has 0 bridgehead atoms. The third-order valence-corrected chi connectivity index (χ3v) is 3.50. The monoisotopic (exact) mass is 232 g/mol. The molecule has 0 saturated heterocycles. The van der Waals surface area contributed by atoms with Gasteiger partial charge in [-0.2, -0.15) is 11.8 Å². The van der Waals surface area contributed by atoms with Crippen LogP contribution < -0.4 is 0 Å². The Hall–Kier alpha value is -1.09. The van der Waals surface area contributed by atoms with Crippen LogP contribution in [0.15, 0.2) is 24.3 Å². The van der Waals surface area contributed by atoms with Gasteiger partial charge in [0.2, 0.25) is 0 Å². The van der Waals surface area contributed by atoms with E-state index in [-0.39, 0.29) is 0 Å². The fourth-order valence-electron chi connectivity index (χ4n) is 1.51. The predicted octanol–water partition coefficient (Wildman–Crippen LogP) is 3.58. The number of hydrogen-bond donors (Lipinski definition) is 0. The first-order valence-electron chi connectivity index (χ1n) is 5.50. The molecule has 0 spiro atoms. The number of fused-ring (bicyclic) bond motifs is 1. The van der Waals surface area contributed by atoms with E-state index < -0.39 is 0 Å². The molecule has 1 aromatic carbocycles. The largest absolute Gasteiger partial charge is 0.250 e. The summed E-state index contributed by atoms with van der Waals surface area (Å²) >= 11 is 1.90. The van der Waals surface area contributed by atoms with Crippen molar-refractivity contribution < 1.29 is 0 Å². The molecule has 0 radical (unpaired) electrons. The molecule has 2 rings (SSSR count). The zero-order valence-electron chi connectivity index (χ0n) is 9.90. The molecule has 2 aromatic rings. The Kier molecular flexibility index (Phi) is 3.44. The minimum Gasteiger partial charge on any atom is -0.250 e. The average Bonchev–Trinajstić information content (AvgIpc) is 2.26. The Morgan fingerprint density at radius 2 is 1.75 bits per heavy atom. The van der Waals surface area contributed by atoms with Crippen molar-refractivity contribution in [3.05, 3.63) is 35.7 Å². The molecule has 16 heavy (non-hydrogen) atoms. The van der Waals surface area contributed by atoms with E-state index in [0.29, 0.717) is 5.25 Å². The van der Waals surface area contributed by atoms with E-state index in [0.717, 1.165) is 28.2 Å². The van der Waals surface area contributed by atoms with Gasteiger partial charge in [-0.15, -0.1) is 0 Å². The summed E-state index contributed by atoms with van der Waals surface area (Å²) in [5.74, 6) is 0.946. The van der Waals surface area contributed by atoms with Crippen LogP contribution >= 0.6 is 11.8 Å². The minimum absolute atomic E-state index is 0.632. The highest BCUT2D eigenvalue weighted by Crippen LogP contribution is 2.19. The first-order valence-corrected chi connectivity index (χ1v) is 6.55. The Bertz CT molecular complexity index is 494. The maximum absolute atomic E-state index is 4.66. The van der Waals surface area contributed by atoms with Crippen molar-refractivity contribution in [2.75, 3.05) is 0 Å². The van der Waals surface area contributed by atoms with Crippen molar-refractivity contribution in [2.45, 2.75) is 31.8 Å². The molecule has 0 atom stereocenters. The fourth-order valence-corrected chi connectivity index (χ4v) is 2.27. The van der Waals surface area contributed by atoms with Gasteiger partial charge in [-0.05, 0) is 24.3 Å². The van der Waals surface area contributed by atoms with Crippen molar-refractivity contribution in [1.82, 2.24) is 9.97 Å². The molecule has 0 aliphatic heterocycles. The van der Waals surface area contributed by atoms with Crippen LogP contribution in [0, 0.1) is 6.92 Å². The first-order chi connectivity index (χ1) is 7.66. The summed E-state index contributed by atoms with van der Waals surface area (Å²) in [5.41, 5.74) is 4.13. The number of thioether (sulfide) groups is 1. The standard InChI is InChI=1S/C13H16N2S/c1-9(2)16-8-13-10(3)14-11-6-4-5-7-12(11)15-13/h4-7,9H,8H2,1-3H3. The molecule has 1 aromatic heterocycles. The van der Waals surface area contributed by atoms with Gasteiger partial charge in [0.15, 0.2) is 0 Å². The van der Waals surface area contributed by atoms with Crippen LogP contribution in [0.1, 0.15) is 25.2 Å². The van der Waals surface area contributed by atoms with Gasteiger partial charge in [0.05, 0.1) is 22.4 Å². The number of rotatable bonds is 3. The van der Waals surface area contributed by atoms with Crippen LogP contribution in [-0.2, 0) is 5.75 Å². The van der Waals surface area contributed by atoms with E-state index in [2.05, 4.69) is 23.8 Å². The highest BCUT2D eigenvalue weighted by atomic mass is 32.2. The molecule has 3 heteroatoms. The molecule has 0 N–H and O–H groups in total. The smallest absolute Gasteiger partial charge is 0.0890 e. The third-order valence-electron chi connectivity index (χ3n) is 2.40. The predicted molar refractivity (Wildman–Crippen MR) is 70.7 cm³/mol. The van der Waals surface area contributed by atoms with Gasteiger partial charge in [0.1, 0.15) is 0 Å². The molecule has 0 aliphatic rings. The van der Waals surface area contributed by atoms with Crippen LogP contribution in [0.2, 0.25) is 0 Å². The summed E-state index contributed by atoms with van der Waals surface area (Å²) in [6.45, 7) is 6.44. The summed E-state index contributed by atoms with van der Waals surface area (Å²) in [6.07, 6.45) is 0. The highest BCUT2D eigenvalue weighted by Gasteiger charge is 2.05. The SMILES string of the molecule is Cc1nc2ccccc2nc1CSC(C)C. The van der Waals surface area contributed by atoms with Crippen LogP contribution in [0.5, 0.6) is 0 Å². The van der Waals surface area contributed by atoms with Gasteiger partial charge in [0, 0.05) is 5.75 Å². The number of aryl methyl sites for hydroxylation is 1. The summed E-state index contributed by atoms with van der Waals surface area (Å²) in [5, 5.41) is 0.632. The second-order valence-electron chi connectivity index (χ2n) is 4.10. The molecule has 0 amide bonds.